The highest BCUT2D eigenvalue weighted by Crippen LogP contribution is 2.37. The number of nitrogens with one attached hydrogen (secondary N) is 1. The molecule has 29 heavy (non-hydrogen) atoms. The van der Waals surface area contributed by atoms with Crippen LogP contribution >= 0.6 is 11.6 Å². The van der Waals surface area contributed by atoms with E-state index in [2.05, 4.69) is 20.1 Å². The Morgan fingerprint density at radius 1 is 1.14 bits per heavy atom. The molecule has 3 rings (SSSR count). The number of aromatic amines is 1. The molecule has 6 nitrogen and oxygen atoms in total. The molecule has 0 spiro atoms. The van der Waals surface area contributed by atoms with Crippen LogP contribution in [0.1, 0.15) is 23.8 Å². The Balaban J connectivity index is 2.04. The van der Waals surface area contributed by atoms with Crippen molar-refractivity contribution in [2.24, 2.45) is 0 Å². The molecule has 152 valence electrons. The van der Waals surface area contributed by atoms with Crippen molar-refractivity contribution in [1.82, 2.24) is 15.4 Å². The number of carbonyl (C=O) groups is 1. The summed E-state index contributed by atoms with van der Waals surface area (Å²) in [7, 11) is 0. The van der Waals surface area contributed by atoms with Crippen LogP contribution in [0.5, 0.6) is 5.75 Å². The summed E-state index contributed by atoms with van der Waals surface area (Å²) >= 11 is 5.85. The van der Waals surface area contributed by atoms with E-state index in [1.54, 1.807) is 24.3 Å². The van der Waals surface area contributed by atoms with E-state index in [1.165, 1.54) is 12.1 Å². The number of esters is 1. The monoisotopic (exact) mass is 425 g/mol. The summed E-state index contributed by atoms with van der Waals surface area (Å²) in [5, 5.41) is 10.2. The number of benzene rings is 2. The normalized spacial score (nSPS) is 11.3. The Labute approximate surface area is 168 Å². The molecule has 0 aliphatic rings. The molecule has 1 N–H and O–H groups in total. The average Bonchev–Trinajstić information content (AvgIpc) is 3.15. The third kappa shape index (κ3) is 5.05. The van der Waals surface area contributed by atoms with Crippen LogP contribution in [0.2, 0.25) is 5.02 Å². The van der Waals surface area contributed by atoms with Gasteiger partial charge in [-0.15, -0.1) is 18.3 Å². The van der Waals surface area contributed by atoms with Gasteiger partial charge in [-0.1, -0.05) is 41.9 Å². The topological polar surface area (TPSA) is 77.1 Å². The minimum Gasteiger partial charge on any atom is -0.461 e. The van der Waals surface area contributed by atoms with Gasteiger partial charge in [0.2, 0.25) is 0 Å². The SMILES string of the molecule is CCCOC(=O)c1[nH]nnc1-c1ccc(-c2ccc(Cl)cc2)c(OC(F)(F)F)c1. The number of alkyl halides is 3. The van der Waals surface area contributed by atoms with Gasteiger partial charge in [-0.2, -0.15) is 0 Å². The van der Waals surface area contributed by atoms with Crippen molar-refractivity contribution < 1.29 is 27.4 Å². The largest absolute Gasteiger partial charge is 0.573 e. The summed E-state index contributed by atoms with van der Waals surface area (Å²) in [5.41, 5.74) is 0.875. The van der Waals surface area contributed by atoms with E-state index >= 15 is 0 Å². The number of hydrogen-bond acceptors (Lipinski definition) is 5. The van der Waals surface area contributed by atoms with Crippen LogP contribution in [0, 0.1) is 0 Å². The van der Waals surface area contributed by atoms with Gasteiger partial charge in [-0.25, -0.2) is 4.79 Å². The van der Waals surface area contributed by atoms with Crippen LogP contribution in [0.4, 0.5) is 13.2 Å². The van der Waals surface area contributed by atoms with Crippen molar-refractivity contribution in [2.75, 3.05) is 6.61 Å². The maximum absolute atomic E-state index is 13.0. The van der Waals surface area contributed by atoms with Crippen LogP contribution in [-0.4, -0.2) is 34.3 Å². The quantitative estimate of drug-likeness (QED) is 0.545. The lowest BCUT2D eigenvalue weighted by molar-refractivity contribution is -0.274. The van der Waals surface area contributed by atoms with Gasteiger partial charge in [0.15, 0.2) is 5.69 Å². The zero-order valence-electron chi connectivity index (χ0n) is 15.1. The summed E-state index contributed by atoms with van der Waals surface area (Å²) in [6.07, 6.45) is -4.30. The molecule has 0 fully saturated rings. The maximum Gasteiger partial charge on any atom is 0.573 e. The van der Waals surface area contributed by atoms with E-state index in [0.717, 1.165) is 6.07 Å². The Kier molecular flexibility index (Phi) is 6.07. The highest BCUT2D eigenvalue weighted by molar-refractivity contribution is 6.30. The number of nitrogens with zero attached hydrogens (tertiary/aromatic N) is 2. The van der Waals surface area contributed by atoms with Gasteiger partial charge >= 0.3 is 12.3 Å². The molecule has 1 aromatic heterocycles. The average molecular weight is 426 g/mol. The van der Waals surface area contributed by atoms with Gasteiger partial charge in [0, 0.05) is 16.1 Å². The summed E-state index contributed by atoms with van der Waals surface area (Å²) < 4.78 is 48.2. The highest BCUT2D eigenvalue weighted by Gasteiger charge is 2.33. The minimum absolute atomic E-state index is 0.0563. The van der Waals surface area contributed by atoms with Crippen LogP contribution in [0.25, 0.3) is 22.4 Å². The Hall–Kier alpha value is -3.07. The summed E-state index contributed by atoms with van der Waals surface area (Å²) in [4.78, 5) is 12.1. The van der Waals surface area contributed by atoms with Gasteiger partial charge in [0.25, 0.3) is 0 Å². The fourth-order valence-electron chi connectivity index (χ4n) is 2.59. The molecule has 1 heterocycles. The van der Waals surface area contributed by atoms with E-state index in [4.69, 9.17) is 16.3 Å². The van der Waals surface area contributed by atoms with Crippen LogP contribution in [-0.2, 0) is 4.74 Å². The number of halogens is 4. The summed E-state index contributed by atoms with van der Waals surface area (Å²) in [5.74, 6) is -1.15. The van der Waals surface area contributed by atoms with Crippen molar-refractivity contribution in [3.63, 3.8) is 0 Å². The predicted molar refractivity (Wildman–Crippen MR) is 99.5 cm³/mol. The Bertz CT molecular complexity index is 1000. The first-order chi connectivity index (χ1) is 13.8. The maximum atomic E-state index is 13.0. The van der Waals surface area contributed by atoms with Gasteiger partial charge < -0.3 is 9.47 Å². The molecule has 0 bridgehead atoms. The lowest BCUT2D eigenvalue weighted by Crippen LogP contribution is -2.17. The van der Waals surface area contributed by atoms with Crippen molar-refractivity contribution in [3.8, 4) is 28.1 Å². The molecule has 3 aromatic rings. The van der Waals surface area contributed by atoms with Gasteiger partial charge in [-0.05, 0) is 36.2 Å². The van der Waals surface area contributed by atoms with Gasteiger partial charge in [-0.3, -0.25) is 5.10 Å². The van der Waals surface area contributed by atoms with Crippen molar-refractivity contribution in [2.45, 2.75) is 19.7 Å². The number of H-pyrrole nitrogens is 1. The Morgan fingerprint density at radius 2 is 1.83 bits per heavy atom. The van der Waals surface area contributed by atoms with Crippen molar-refractivity contribution >= 4 is 17.6 Å². The van der Waals surface area contributed by atoms with Gasteiger partial charge in [0.1, 0.15) is 11.4 Å². The van der Waals surface area contributed by atoms with E-state index < -0.39 is 18.1 Å². The zero-order valence-corrected chi connectivity index (χ0v) is 15.8. The number of hydrogen-bond donors (Lipinski definition) is 1. The molecule has 0 saturated carbocycles. The molecule has 0 atom stereocenters. The summed E-state index contributed by atoms with van der Waals surface area (Å²) in [6.45, 7) is 2.02. The smallest absolute Gasteiger partial charge is 0.461 e. The van der Waals surface area contributed by atoms with E-state index in [0.29, 0.717) is 17.0 Å². The van der Waals surface area contributed by atoms with E-state index in [-0.39, 0.29) is 29.1 Å². The molecule has 2 aromatic carbocycles. The fourth-order valence-corrected chi connectivity index (χ4v) is 2.71. The second-order valence-corrected chi connectivity index (χ2v) is 6.37. The predicted octanol–water partition coefficient (Wildman–Crippen LogP) is 5.26. The lowest BCUT2D eigenvalue weighted by Gasteiger charge is -2.15. The Morgan fingerprint density at radius 3 is 2.48 bits per heavy atom. The number of ether oxygens (including phenoxy) is 2. The van der Waals surface area contributed by atoms with Crippen LogP contribution in [0.15, 0.2) is 42.5 Å². The molecule has 0 aliphatic heterocycles. The minimum atomic E-state index is -4.91. The first-order valence-electron chi connectivity index (χ1n) is 8.52. The molecular formula is C19H15ClF3N3O3. The number of aromatic nitrogens is 3. The molecular weight excluding hydrogens is 411 g/mol. The van der Waals surface area contributed by atoms with E-state index in [9.17, 15) is 18.0 Å². The third-order valence-corrected chi connectivity index (χ3v) is 4.08. The molecule has 0 unspecified atom stereocenters. The molecule has 0 radical (unpaired) electrons. The standard InChI is InChI=1S/C19H15ClF3N3O3/c1-2-9-28-18(27)17-16(24-26-25-17)12-5-8-14(11-3-6-13(20)7-4-11)15(10-12)29-19(21,22)23/h3-8,10H,2,9H2,1H3,(H,24,25,26). The number of carbonyl (C=O) groups excluding carboxylic acids is 1. The first kappa shape index (κ1) is 20.7. The third-order valence-electron chi connectivity index (χ3n) is 3.83. The fraction of sp³-hybridized carbons (Fsp3) is 0.211. The van der Waals surface area contributed by atoms with Crippen molar-refractivity contribution in [3.05, 3.63) is 53.2 Å². The highest BCUT2D eigenvalue weighted by atomic mass is 35.5. The van der Waals surface area contributed by atoms with Crippen LogP contribution in [0.3, 0.4) is 0 Å². The number of rotatable bonds is 6. The first-order valence-corrected chi connectivity index (χ1v) is 8.90. The second-order valence-electron chi connectivity index (χ2n) is 5.94. The van der Waals surface area contributed by atoms with Crippen LogP contribution < -0.4 is 4.74 Å². The van der Waals surface area contributed by atoms with E-state index in [1.807, 2.05) is 6.92 Å². The zero-order chi connectivity index (χ0) is 21.0. The second kappa shape index (κ2) is 8.52. The van der Waals surface area contributed by atoms with Gasteiger partial charge in [0.05, 0.1) is 6.61 Å². The molecule has 0 saturated heterocycles. The molecule has 0 amide bonds. The van der Waals surface area contributed by atoms with Crippen molar-refractivity contribution in [1.29, 1.82) is 0 Å². The lowest BCUT2D eigenvalue weighted by atomic mass is 10.0. The molecule has 10 heteroatoms. The summed E-state index contributed by atoms with van der Waals surface area (Å²) in [6, 6.07) is 10.4. The molecule has 0 aliphatic carbocycles.